The van der Waals surface area contributed by atoms with Gasteiger partial charge in [0.25, 0.3) is 0 Å². The number of rotatable bonds is 1. The lowest BCUT2D eigenvalue weighted by atomic mass is 10.1. The van der Waals surface area contributed by atoms with E-state index in [4.69, 9.17) is 23.2 Å². The van der Waals surface area contributed by atoms with E-state index in [0.29, 0.717) is 27.6 Å². The van der Waals surface area contributed by atoms with Crippen LogP contribution in [0.4, 0.5) is 0 Å². The van der Waals surface area contributed by atoms with E-state index in [-0.39, 0.29) is 11.5 Å². The Labute approximate surface area is 126 Å². The van der Waals surface area contributed by atoms with Crippen LogP contribution in [0.2, 0.25) is 10.0 Å². The minimum Gasteiger partial charge on any atom is -0.508 e. The fraction of sp³-hybridized carbons (Fsp3) is 0.0625. The number of allylic oxidation sites excluding steroid dienone is 1. The van der Waals surface area contributed by atoms with Crippen molar-refractivity contribution in [1.29, 1.82) is 0 Å². The van der Waals surface area contributed by atoms with Crippen molar-refractivity contribution in [2.24, 2.45) is 0 Å². The van der Waals surface area contributed by atoms with Crippen molar-refractivity contribution in [3.8, 4) is 5.75 Å². The minimum atomic E-state index is -0.00827. The third-order valence-corrected chi connectivity index (χ3v) is 4.03. The van der Waals surface area contributed by atoms with Crippen molar-refractivity contribution in [2.75, 3.05) is 0 Å². The van der Waals surface area contributed by atoms with Crippen LogP contribution in [-0.2, 0) is 6.42 Å². The van der Waals surface area contributed by atoms with Gasteiger partial charge in [0, 0.05) is 17.6 Å². The molecule has 4 heteroatoms. The monoisotopic (exact) mass is 304 g/mol. The smallest absolute Gasteiger partial charge is 0.189 e. The van der Waals surface area contributed by atoms with E-state index in [1.165, 1.54) is 6.07 Å². The number of fused-ring (bicyclic) bond motifs is 1. The molecule has 0 aromatic heterocycles. The lowest BCUT2D eigenvalue weighted by Gasteiger charge is -1.99. The summed E-state index contributed by atoms with van der Waals surface area (Å²) in [5.41, 5.74) is 3.01. The molecule has 1 N–H and O–H groups in total. The Kier molecular flexibility index (Phi) is 3.28. The highest BCUT2D eigenvalue weighted by atomic mass is 35.5. The maximum absolute atomic E-state index is 12.3. The van der Waals surface area contributed by atoms with Crippen LogP contribution in [0.25, 0.3) is 6.08 Å². The van der Waals surface area contributed by atoms with Crippen LogP contribution < -0.4 is 0 Å². The molecule has 1 aliphatic rings. The molecular weight excluding hydrogens is 295 g/mol. The molecule has 2 aromatic carbocycles. The number of phenols is 1. The molecule has 100 valence electrons. The summed E-state index contributed by atoms with van der Waals surface area (Å²) in [5, 5.41) is 10.4. The third-order valence-electron chi connectivity index (χ3n) is 3.29. The average Bonchev–Trinajstić information content (AvgIpc) is 2.70. The van der Waals surface area contributed by atoms with E-state index in [1.54, 1.807) is 24.3 Å². The van der Waals surface area contributed by atoms with Crippen LogP contribution in [0.5, 0.6) is 5.75 Å². The Morgan fingerprint density at radius 3 is 2.60 bits per heavy atom. The Balaban J connectivity index is 1.99. The first-order chi connectivity index (χ1) is 9.54. The number of Topliss-reactive ketones (excluding diaryl/α,β-unsaturated/α-hetero) is 1. The van der Waals surface area contributed by atoms with Gasteiger partial charge in [0.05, 0.1) is 10.0 Å². The molecule has 0 saturated heterocycles. The average molecular weight is 305 g/mol. The number of hydrogen-bond acceptors (Lipinski definition) is 2. The van der Waals surface area contributed by atoms with Crippen LogP contribution in [0.15, 0.2) is 42.0 Å². The molecule has 3 rings (SSSR count). The van der Waals surface area contributed by atoms with Crippen LogP contribution in [0.3, 0.4) is 0 Å². The third kappa shape index (κ3) is 2.33. The van der Waals surface area contributed by atoms with Crippen molar-refractivity contribution in [2.45, 2.75) is 6.42 Å². The normalized spacial score (nSPS) is 15.7. The first-order valence-electron chi connectivity index (χ1n) is 6.07. The molecule has 0 saturated carbocycles. The van der Waals surface area contributed by atoms with Crippen molar-refractivity contribution < 1.29 is 9.90 Å². The maximum Gasteiger partial charge on any atom is 0.189 e. The second-order valence-corrected chi connectivity index (χ2v) is 5.50. The minimum absolute atomic E-state index is 0.00827. The van der Waals surface area contributed by atoms with E-state index in [2.05, 4.69) is 0 Å². The summed E-state index contributed by atoms with van der Waals surface area (Å²) in [6.45, 7) is 0. The highest BCUT2D eigenvalue weighted by molar-refractivity contribution is 6.42. The summed E-state index contributed by atoms with van der Waals surface area (Å²) in [6, 6.07) is 10.1. The van der Waals surface area contributed by atoms with E-state index in [9.17, 15) is 9.90 Å². The van der Waals surface area contributed by atoms with E-state index in [0.717, 1.165) is 11.1 Å². The largest absolute Gasteiger partial charge is 0.508 e. The molecule has 0 spiro atoms. The number of benzene rings is 2. The molecule has 0 amide bonds. The molecule has 1 aliphatic carbocycles. The molecule has 0 fully saturated rings. The number of halogens is 2. The van der Waals surface area contributed by atoms with Gasteiger partial charge in [-0.25, -0.2) is 0 Å². The van der Waals surface area contributed by atoms with Gasteiger partial charge in [-0.2, -0.15) is 0 Å². The fourth-order valence-corrected chi connectivity index (χ4v) is 2.63. The molecule has 2 nitrogen and oxygen atoms in total. The van der Waals surface area contributed by atoms with Gasteiger partial charge in [0.2, 0.25) is 0 Å². The van der Waals surface area contributed by atoms with Gasteiger partial charge >= 0.3 is 0 Å². The number of carbonyl (C=O) groups is 1. The Hall–Kier alpha value is -1.77. The Morgan fingerprint density at radius 2 is 1.85 bits per heavy atom. The summed E-state index contributed by atoms with van der Waals surface area (Å²) in [5.74, 6) is 0.165. The molecule has 2 aromatic rings. The van der Waals surface area contributed by atoms with Gasteiger partial charge in [0.1, 0.15) is 5.75 Å². The molecule has 0 radical (unpaired) electrons. The van der Waals surface area contributed by atoms with Gasteiger partial charge in [-0.05, 0) is 47.5 Å². The molecule has 0 heterocycles. The topological polar surface area (TPSA) is 37.3 Å². The number of hydrogen-bond donors (Lipinski definition) is 1. The van der Waals surface area contributed by atoms with Crippen molar-refractivity contribution >= 4 is 35.1 Å². The van der Waals surface area contributed by atoms with E-state index < -0.39 is 0 Å². The van der Waals surface area contributed by atoms with E-state index in [1.807, 2.05) is 12.1 Å². The molecular formula is C16H10Cl2O2. The van der Waals surface area contributed by atoms with Gasteiger partial charge in [-0.1, -0.05) is 29.3 Å². The number of ketones is 1. The van der Waals surface area contributed by atoms with Crippen LogP contribution >= 0.6 is 23.2 Å². The number of phenolic OH excluding ortho intramolecular Hbond substituents is 1. The fourth-order valence-electron chi connectivity index (χ4n) is 2.33. The first-order valence-corrected chi connectivity index (χ1v) is 6.82. The molecule has 0 atom stereocenters. The molecule has 20 heavy (non-hydrogen) atoms. The standard InChI is InChI=1S/C16H10Cl2O2/c17-14-4-1-9(6-15(14)18)5-11-7-10-8-12(19)2-3-13(10)16(11)20/h1-6,8,19H,7H2/b11-5+. The lowest BCUT2D eigenvalue weighted by Crippen LogP contribution is -1.94. The summed E-state index contributed by atoms with van der Waals surface area (Å²) >= 11 is 11.8. The first kappa shape index (κ1) is 13.2. The second-order valence-electron chi connectivity index (χ2n) is 4.69. The number of aromatic hydroxyl groups is 1. The van der Waals surface area contributed by atoms with Crippen LogP contribution in [-0.4, -0.2) is 10.9 Å². The molecule has 0 unspecified atom stereocenters. The second kappa shape index (κ2) is 4.97. The summed E-state index contributed by atoms with van der Waals surface area (Å²) in [6.07, 6.45) is 2.32. The predicted octanol–water partition coefficient (Wildman–Crippen LogP) is 4.52. The quantitative estimate of drug-likeness (QED) is 0.786. The number of carbonyl (C=O) groups excluding carboxylic acids is 1. The van der Waals surface area contributed by atoms with Crippen molar-refractivity contribution in [1.82, 2.24) is 0 Å². The van der Waals surface area contributed by atoms with Gasteiger partial charge in [-0.3, -0.25) is 4.79 Å². The lowest BCUT2D eigenvalue weighted by molar-refractivity contribution is 0.104. The van der Waals surface area contributed by atoms with Gasteiger partial charge < -0.3 is 5.11 Å². The summed E-state index contributed by atoms with van der Waals surface area (Å²) in [4.78, 5) is 12.3. The Morgan fingerprint density at radius 1 is 1.05 bits per heavy atom. The molecule has 0 aliphatic heterocycles. The van der Waals surface area contributed by atoms with Gasteiger partial charge in [-0.15, -0.1) is 0 Å². The molecule has 0 bridgehead atoms. The van der Waals surface area contributed by atoms with Crippen molar-refractivity contribution in [3.05, 3.63) is 68.7 Å². The zero-order chi connectivity index (χ0) is 14.3. The maximum atomic E-state index is 12.3. The van der Waals surface area contributed by atoms with Crippen LogP contribution in [0, 0.1) is 0 Å². The van der Waals surface area contributed by atoms with Crippen molar-refractivity contribution in [3.63, 3.8) is 0 Å². The predicted molar refractivity (Wildman–Crippen MR) is 80.6 cm³/mol. The van der Waals surface area contributed by atoms with Gasteiger partial charge in [0.15, 0.2) is 5.78 Å². The highest BCUT2D eigenvalue weighted by Gasteiger charge is 2.24. The highest BCUT2D eigenvalue weighted by Crippen LogP contribution is 2.31. The zero-order valence-corrected chi connectivity index (χ0v) is 11.9. The SMILES string of the molecule is O=C1/C(=C/c2ccc(Cl)c(Cl)c2)Cc2cc(O)ccc21. The van der Waals surface area contributed by atoms with E-state index >= 15 is 0 Å². The Bertz CT molecular complexity index is 748. The summed E-state index contributed by atoms with van der Waals surface area (Å²) < 4.78 is 0. The summed E-state index contributed by atoms with van der Waals surface area (Å²) in [7, 11) is 0. The van der Waals surface area contributed by atoms with Crippen LogP contribution in [0.1, 0.15) is 21.5 Å². The zero-order valence-electron chi connectivity index (χ0n) is 10.4.